The lowest BCUT2D eigenvalue weighted by Crippen LogP contribution is -2.69. The molecule has 208 valence electrons. The van der Waals surface area contributed by atoms with Gasteiger partial charge in [-0.05, 0) is 40.3 Å². The average molecular weight is 582 g/mol. The first-order valence-electron chi connectivity index (χ1n) is 12.2. The number of ether oxygens (including phenoxy) is 3. The van der Waals surface area contributed by atoms with Crippen molar-refractivity contribution >= 4 is 41.2 Å². The van der Waals surface area contributed by atoms with Crippen molar-refractivity contribution in [2.24, 2.45) is 0 Å². The molecular weight excluding hydrogens is 554 g/mol. The highest BCUT2D eigenvalue weighted by Crippen LogP contribution is 2.45. The number of methoxy groups -OCH3 is 2. The van der Waals surface area contributed by atoms with Crippen molar-refractivity contribution in [2.75, 3.05) is 32.3 Å². The van der Waals surface area contributed by atoms with E-state index in [0.717, 1.165) is 16.0 Å². The van der Waals surface area contributed by atoms with Crippen molar-refractivity contribution in [3.63, 3.8) is 0 Å². The van der Waals surface area contributed by atoms with Gasteiger partial charge < -0.3 is 19.5 Å². The summed E-state index contributed by atoms with van der Waals surface area (Å²) in [5.41, 5.74) is 2.48. The van der Waals surface area contributed by atoms with Crippen LogP contribution < -0.4 is 14.8 Å². The standard InChI is InChI=1S/C26H27N7O5S2/c1-4-11-38-26(35)28-21-24(34)33-22(17(15-40-25(21)33)14-39-19-7-9-27-10-8-19)23-29-30-31-32(23)13-16-5-6-18(36-2)12-20(16)37-3/h4-10,12,21,25H,1,11,13-15H2,2-3H3,(H,28,35)/t21-,25-/m1/s1. The summed E-state index contributed by atoms with van der Waals surface area (Å²) in [6.45, 7) is 3.90. The third kappa shape index (κ3) is 5.63. The molecular formula is C26H27N7O5S2. The number of β-lactam (4-membered cyclic amide) rings is 1. The Bertz CT molecular complexity index is 1430. The average Bonchev–Trinajstić information content (AvgIpc) is 3.45. The Morgan fingerprint density at radius 2 is 2.08 bits per heavy atom. The Labute approximate surface area is 239 Å². The predicted molar refractivity (Wildman–Crippen MR) is 150 cm³/mol. The maximum Gasteiger partial charge on any atom is 0.408 e. The van der Waals surface area contributed by atoms with Gasteiger partial charge in [-0.3, -0.25) is 14.7 Å². The van der Waals surface area contributed by atoms with E-state index in [4.69, 9.17) is 14.2 Å². The molecule has 2 aliphatic rings. The van der Waals surface area contributed by atoms with Crippen LogP contribution in [0.4, 0.5) is 4.79 Å². The minimum absolute atomic E-state index is 0.0550. The van der Waals surface area contributed by atoms with Gasteiger partial charge in [0.1, 0.15) is 29.5 Å². The molecule has 1 fully saturated rings. The van der Waals surface area contributed by atoms with Gasteiger partial charge in [-0.2, -0.15) is 0 Å². The van der Waals surface area contributed by atoms with Crippen molar-refractivity contribution in [1.29, 1.82) is 0 Å². The lowest BCUT2D eigenvalue weighted by Gasteiger charge is -2.50. The maximum absolute atomic E-state index is 13.4. The van der Waals surface area contributed by atoms with E-state index in [1.54, 1.807) is 65.8 Å². The summed E-state index contributed by atoms with van der Waals surface area (Å²) in [7, 11) is 3.18. The highest BCUT2D eigenvalue weighted by molar-refractivity contribution is 8.01. The minimum atomic E-state index is -0.724. The summed E-state index contributed by atoms with van der Waals surface area (Å²) in [4.78, 5) is 32.4. The van der Waals surface area contributed by atoms with Crippen molar-refractivity contribution in [3.8, 4) is 11.5 Å². The number of thioether (sulfide) groups is 2. The van der Waals surface area contributed by atoms with Crippen LogP contribution >= 0.6 is 23.5 Å². The lowest BCUT2D eigenvalue weighted by molar-refractivity contribution is -0.140. The molecule has 1 N–H and O–H groups in total. The molecule has 2 aromatic heterocycles. The van der Waals surface area contributed by atoms with Crippen LogP contribution in [0.1, 0.15) is 11.4 Å². The van der Waals surface area contributed by atoms with Gasteiger partial charge in [-0.25, -0.2) is 9.48 Å². The van der Waals surface area contributed by atoms with Crippen LogP contribution in [0.2, 0.25) is 0 Å². The number of amides is 2. The molecule has 0 unspecified atom stereocenters. The van der Waals surface area contributed by atoms with Gasteiger partial charge in [0.05, 0.1) is 26.5 Å². The van der Waals surface area contributed by atoms with Crippen LogP contribution in [0.15, 0.2) is 65.8 Å². The summed E-state index contributed by atoms with van der Waals surface area (Å²) in [6, 6.07) is 8.68. The molecule has 1 saturated heterocycles. The Morgan fingerprint density at radius 3 is 2.83 bits per heavy atom. The first kappa shape index (κ1) is 27.5. The Hall–Kier alpha value is -4.04. The van der Waals surface area contributed by atoms with E-state index in [1.165, 1.54) is 6.08 Å². The third-order valence-corrected chi connectivity index (χ3v) is 8.71. The number of nitrogens with one attached hydrogen (secondary N) is 1. The number of pyridine rings is 1. The van der Waals surface area contributed by atoms with Crippen LogP contribution in [0, 0.1) is 0 Å². The molecule has 5 rings (SSSR count). The highest BCUT2D eigenvalue weighted by Gasteiger charge is 2.54. The molecule has 2 aliphatic heterocycles. The number of carbonyl (C=O) groups is 2. The molecule has 1 aromatic carbocycles. The van der Waals surface area contributed by atoms with Crippen LogP contribution in [0.5, 0.6) is 11.5 Å². The Kier molecular flexibility index (Phi) is 8.55. The van der Waals surface area contributed by atoms with E-state index >= 15 is 0 Å². The molecule has 0 spiro atoms. The summed E-state index contributed by atoms with van der Waals surface area (Å²) in [5, 5.41) is 14.9. The van der Waals surface area contributed by atoms with Crippen molar-refractivity contribution in [2.45, 2.75) is 22.9 Å². The summed E-state index contributed by atoms with van der Waals surface area (Å²) < 4.78 is 17.6. The summed E-state index contributed by atoms with van der Waals surface area (Å²) in [6.07, 6.45) is 4.29. The summed E-state index contributed by atoms with van der Waals surface area (Å²) in [5.74, 6) is 2.73. The second kappa shape index (κ2) is 12.4. The van der Waals surface area contributed by atoms with Crippen molar-refractivity contribution < 1.29 is 23.8 Å². The number of fused-ring (bicyclic) bond motifs is 1. The number of rotatable bonds is 11. The van der Waals surface area contributed by atoms with Crippen LogP contribution in [0.25, 0.3) is 5.70 Å². The Morgan fingerprint density at radius 1 is 1.25 bits per heavy atom. The highest BCUT2D eigenvalue weighted by atomic mass is 32.2. The van der Waals surface area contributed by atoms with Gasteiger partial charge in [0, 0.05) is 40.4 Å². The van der Waals surface area contributed by atoms with Gasteiger partial charge in [-0.15, -0.1) is 28.6 Å². The van der Waals surface area contributed by atoms with Gasteiger partial charge in [0.25, 0.3) is 5.91 Å². The zero-order chi connectivity index (χ0) is 28.1. The quantitative estimate of drug-likeness (QED) is 0.204. The summed E-state index contributed by atoms with van der Waals surface area (Å²) >= 11 is 3.21. The largest absolute Gasteiger partial charge is 0.497 e. The van der Waals surface area contributed by atoms with Crippen LogP contribution in [-0.4, -0.2) is 85.8 Å². The van der Waals surface area contributed by atoms with Gasteiger partial charge in [0.2, 0.25) is 0 Å². The fraction of sp³-hybridized carbons (Fsp3) is 0.308. The van der Waals surface area contributed by atoms with Crippen molar-refractivity contribution in [1.82, 2.24) is 35.4 Å². The van der Waals surface area contributed by atoms with Gasteiger partial charge in [-0.1, -0.05) is 12.7 Å². The molecule has 0 aliphatic carbocycles. The normalized spacial score (nSPS) is 18.1. The number of hydrogen-bond acceptors (Lipinski definition) is 11. The number of tetrazole rings is 1. The zero-order valence-corrected chi connectivity index (χ0v) is 23.5. The number of hydrogen-bond donors (Lipinski definition) is 1. The van der Waals surface area contributed by atoms with Crippen molar-refractivity contribution in [3.05, 3.63) is 72.3 Å². The smallest absolute Gasteiger partial charge is 0.408 e. The third-order valence-electron chi connectivity index (χ3n) is 6.27. The molecule has 2 amide bonds. The SMILES string of the molecule is C=CCOC(=O)N[C@@H]1C(=O)N2C(c3nnnn3Cc3ccc(OC)cc3OC)=C(CSc3ccncc3)CS[C@H]12. The van der Waals surface area contributed by atoms with E-state index in [1.807, 2.05) is 24.3 Å². The molecule has 4 heterocycles. The second-order valence-electron chi connectivity index (χ2n) is 8.68. The first-order valence-corrected chi connectivity index (χ1v) is 14.3. The first-order chi connectivity index (χ1) is 19.5. The molecule has 12 nitrogen and oxygen atoms in total. The number of nitrogens with zero attached hydrogens (tertiary/aromatic N) is 6. The molecule has 2 atom stereocenters. The Balaban J connectivity index is 1.46. The maximum atomic E-state index is 13.4. The van der Waals surface area contributed by atoms with E-state index in [2.05, 4.69) is 32.4 Å². The lowest BCUT2D eigenvalue weighted by atomic mass is 10.0. The fourth-order valence-corrected chi connectivity index (χ4v) is 6.71. The fourth-order valence-electron chi connectivity index (χ4n) is 4.34. The molecule has 3 aromatic rings. The van der Waals surface area contributed by atoms with Crippen LogP contribution in [0.3, 0.4) is 0 Å². The van der Waals surface area contributed by atoms with Crippen LogP contribution in [-0.2, 0) is 16.1 Å². The molecule has 14 heteroatoms. The zero-order valence-electron chi connectivity index (χ0n) is 21.9. The molecule has 0 saturated carbocycles. The van der Waals surface area contributed by atoms with Gasteiger partial charge >= 0.3 is 6.09 Å². The molecule has 0 bridgehead atoms. The number of benzene rings is 1. The second-order valence-corrected chi connectivity index (χ2v) is 10.8. The monoisotopic (exact) mass is 581 g/mol. The van der Waals surface area contributed by atoms with E-state index in [0.29, 0.717) is 41.1 Å². The number of alkyl carbamates (subject to hydrolysis) is 1. The van der Waals surface area contributed by atoms with E-state index in [-0.39, 0.29) is 17.9 Å². The van der Waals surface area contributed by atoms with Gasteiger partial charge in [0.15, 0.2) is 5.82 Å². The van der Waals surface area contributed by atoms with E-state index in [9.17, 15) is 9.59 Å². The predicted octanol–water partition coefficient (Wildman–Crippen LogP) is 2.83. The molecule has 40 heavy (non-hydrogen) atoms. The van der Waals surface area contributed by atoms with E-state index < -0.39 is 12.1 Å². The number of aromatic nitrogens is 5. The molecule has 0 radical (unpaired) electrons. The number of carbonyl (C=O) groups excluding carboxylic acids is 2. The minimum Gasteiger partial charge on any atom is -0.497 e. The topological polar surface area (TPSA) is 134 Å².